The van der Waals surface area contributed by atoms with E-state index in [9.17, 15) is 4.79 Å². The maximum absolute atomic E-state index is 11.7. The highest BCUT2D eigenvalue weighted by molar-refractivity contribution is 5.71. The fraction of sp³-hybridized carbons (Fsp3) is 0.471. The number of hydrogen-bond donors (Lipinski definition) is 0. The van der Waals surface area contributed by atoms with Crippen LogP contribution in [0.2, 0.25) is 0 Å². The number of esters is 1. The van der Waals surface area contributed by atoms with E-state index >= 15 is 0 Å². The lowest BCUT2D eigenvalue weighted by molar-refractivity contribution is -0.148. The van der Waals surface area contributed by atoms with Gasteiger partial charge in [0.15, 0.2) is 0 Å². The second kappa shape index (κ2) is 9.18. The average Bonchev–Trinajstić information content (AvgIpc) is 2.44. The van der Waals surface area contributed by atoms with Crippen LogP contribution in [0.4, 0.5) is 0 Å². The maximum Gasteiger partial charge on any atom is 0.308 e. The van der Waals surface area contributed by atoms with Crippen LogP contribution in [0.25, 0.3) is 0 Å². The lowest BCUT2D eigenvalue weighted by Gasteiger charge is -2.11. The van der Waals surface area contributed by atoms with Gasteiger partial charge in [0.05, 0.1) is 5.92 Å². The maximum atomic E-state index is 11.7. The van der Waals surface area contributed by atoms with Gasteiger partial charge in [-0.05, 0) is 38.8 Å². The number of carbonyl (C=O) groups excluding carboxylic acids is 1. The molecule has 1 rings (SSSR count). The Bertz CT molecular complexity index is 419. The molecule has 0 radical (unpaired) electrons. The summed E-state index contributed by atoms with van der Waals surface area (Å²) in [5.74, 6) is 0.575. The summed E-state index contributed by atoms with van der Waals surface area (Å²) in [6.07, 6.45) is 3.88. The van der Waals surface area contributed by atoms with E-state index in [1.165, 1.54) is 5.57 Å². The van der Waals surface area contributed by atoms with E-state index in [0.717, 1.165) is 18.6 Å². The van der Waals surface area contributed by atoms with Crippen molar-refractivity contribution in [3.05, 3.63) is 42.0 Å². The fourth-order valence-electron chi connectivity index (χ4n) is 1.70. The van der Waals surface area contributed by atoms with Crippen molar-refractivity contribution in [2.75, 3.05) is 13.2 Å². The van der Waals surface area contributed by atoms with Gasteiger partial charge in [0.1, 0.15) is 19.0 Å². The van der Waals surface area contributed by atoms with Crippen LogP contribution in [0, 0.1) is 5.92 Å². The van der Waals surface area contributed by atoms with Crippen LogP contribution >= 0.6 is 0 Å². The monoisotopic (exact) mass is 276 g/mol. The molecule has 0 saturated carbocycles. The van der Waals surface area contributed by atoms with E-state index in [1.807, 2.05) is 37.3 Å². The number of carbonyl (C=O) groups is 1. The largest absolute Gasteiger partial charge is 0.490 e. The molecule has 0 aliphatic heterocycles. The van der Waals surface area contributed by atoms with Gasteiger partial charge in [-0.2, -0.15) is 0 Å². The normalized spacial score (nSPS) is 11.6. The summed E-state index contributed by atoms with van der Waals surface area (Å²) < 4.78 is 10.7. The predicted molar refractivity (Wildman–Crippen MR) is 80.7 cm³/mol. The molecule has 20 heavy (non-hydrogen) atoms. The number of ether oxygens (including phenoxy) is 2. The molecular weight excluding hydrogens is 252 g/mol. The molecule has 0 spiro atoms. The van der Waals surface area contributed by atoms with E-state index in [-0.39, 0.29) is 11.9 Å². The van der Waals surface area contributed by atoms with Crippen molar-refractivity contribution < 1.29 is 14.3 Å². The highest BCUT2D eigenvalue weighted by Gasteiger charge is 2.13. The van der Waals surface area contributed by atoms with Crippen molar-refractivity contribution in [2.45, 2.75) is 33.6 Å². The predicted octanol–water partition coefficient (Wildman–Crippen LogP) is 3.99. The Hall–Kier alpha value is -1.77. The molecule has 0 saturated heterocycles. The molecule has 0 aromatic heterocycles. The molecule has 1 aromatic rings. The number of rotatable bonds is 8. The zero-order valence-electron chi connectivity index (χ0n) is 12.6. The summed E-state index contributed by atoms with van der Waals surface area (Å²) in [6, 6.07) is 9.51. The quantitative estimate of drug-likeness (QED) is 0.409. The standard InChI is InChI=1S/C17H24O3/c1-14(2)8-7-9-15(3)17(18)20-13-12-19-16-10-5-4-6-11-16/h4-6,8,10-11,15H,7,9,12-13H2,1-3H3/t15-/m1/s1. The second-order valence-electron chi connectivity index (χ2n) is 5.09. The first kappa shape index (κ1) is 16.3. The van der Waals surface area contributed by atoms with Crippen LogP contribution in [-0.2, 0) is 9.53 Å². The van der Waals surface area contributed by atoms with Gasteiger partial charge in [-0.1, -0.05) is 36.8 Å². The molecule has 3 nitrogen and oxygen atoms in total. The Morgan fingerprint density at radius 3 is 2.55 bits per heavy atom. The van der Waals surface area contributed by atoms with Crippen molar-refractivity contribution in [3.8, 4) is 5.75 Å². The number of benzene rings is 1. The van der Waals surface area contributed by atoms with Gasteiger partial charge in [-0.25, -0.2) is 0 Å². The second-order valence-corrected chi connectivity index (χ2v) is 5.09. The van der Waals surface area contributed by atoms with Crippen molar-refractivity contribution in [3.63, 3.8) is 0 Å². The Balaban J connectivity index is 2.14. The number of para-hydroxylation sites is 1. The minimum Gasteiger partial charge on any atom is -0.490 e. The van der Waals surface area contributed by atoms with E-state index in [2.05, 4.69) is 19.9 Å². The summed E-state index contributed by atoms with van der Waals surface area (Å²) in [7, 11) is 0. The van der Waals surface area contributed by atoms with E-state index in [4.69, 9.17) is 9.47 Å². The van der Waals surface area contributed by atoms with Crippen molar-refractivity contribution >= 4 is 5.97 Å². The molecule has 0 amide bonds. The van der Waals surface area contributed by atoms with E-state index in [0.29, 0.717) is 13.2 Å². The third-order valence-corrected chi connectivity index (χ3v) is 2.89. The molecule has 0 aliphatic rings. The molecule has 0 bridgehead atoms. The Morgan fingerprint density at radius 1 is 1.20 bits per heavy atom. The SMILES string of the molecule is CC(C)=CCC[C@@H](C)C(=O)OCCOc1ccccc1. The van der Waals surface area contributed by atoms with Crippen molar-refractivity contribution in [2.24, 2.45) is 5.92 Å². The lowest BCUT2D eigenvalue weighted by atomic mass is 10.1. The zero-order chi connectivity index (χ0) is 14.8. The summed E-state index contributed by atoms with van der Waals surface area (Å²) in [5, 5.41) is 0. The van der Waals surface area contributed by atoms with Gasteiger partial charge in [0.2, 0.25) is 0 Å². The van der Waals surface area contributed by atoms with Crippen molar-refractivity contribution in [1.29, 1.82) is 0 Å². The van der Waals surface area contributed by atoms with E-state index in [1.54, 1.807) is 0 Å². The lowest BCUT2D eigenvalue weighted by Crippen LogP contribution is -2.18. The van der Waals surface area contributed by atoms with Gasteiger partial charge in [0, 0.05) is 0 Å². The Kier molecular flexibility index (Phi) is 7.48. The van der Waals surface area contributed by atoms with Crippen LogP contribution in [0.1, 0.15) is 33.6 Å². The minimum absolute atomic E-state index is 0.0673. The summed E-state index contributed by atoms with van der Waals surface area (Å²) in [5.41, 5.74) is 1.28. The van der Waals surface area contributed by atoms with Crippen LogP contribution in [0.5, 0.6) is 5.75 Å². The molecule has 1 atom stereocenters. The third kappa shape index (κ3) is 6.98. The molecule has 0 heterocycles. The average molecular weight is 276 g/mol. The van der Waals surface area contributed by atoms with Crippen LogP contribution < -0.4 is 4.74 Å². The smallest absolute Gasteiger partial charge is 0.308 e. The zero-order valence-corrected chi connectivity index (χ0v) is 12.6. The summed E-state index contributed by atoms with van der Waals surface area (Å²) in [6.45, 7) is 6.70. The highest BCUT2D eigenvalue weighted by atomic mass is 16.6. The third-order valence-electron chi connectivity index (χ3n) is 2.89. The Morgan fingerprint density at radius 2 is 1.90 bits per heavy atom. The molecule has 0 fully saturated rings. The first-order valence-corrected chi connectivity index (χ1v) is 7.07. The molecular formula is C17H24O3. The van der Waals surface area contributed by atoms with E-state index < -0.39 is 0 Å². The van der Waals surface area contributed by atoms with Crippen LogP contribution in [-0.4, -0.2) is 19.2 Å². The van der Waals surface area contributed by atoms with Gasteiger partial charge in [0.25, 0.3) is 0 Å². The first-order chi connectivity index (χ1) is 9.59. The topological polar surface area (TPSA) is 35.5 Å². The molecule has 0 unspecified atom stereocenters. The summed E-state index contributed by atoms with van der Waals surface area (Å²) >= 11 is 0. The van der Waals surface area contributed by atoms with Gasteiger partial charge >= 0.3 is 5.97 Å². The fourth-order valence-corrected chi connectivity index (χ4v) is 1.70. The molecule has 3 heteroatoms. The molecule has 0 aliphatic carbocycles. The minimum atomic E-state index is -0.149. The summed E-state index contributed by atoms with van der Waals surface area (Å²) in [4.78, 5) is 11.7. The van der Waals surface area contributed by atoms with Crippen LogP contribution in [0.15, 0.2) is 42.0 Å². The van der Waals surface area contributed by atoms with Gasteiger partial charge in [-0.3, -0.25) is 4.79 Å². The Labute approximate surface area is 121 Å². The van der Waals surface area contributed by atoms with Crippen molar-refractivity contribution in [1.82, 2.24) is 0 Å². The first-order valence-electron chi connectivity index (χ1n) is 7.07. The highest BCUT2D eigenvalue weighted by Crippen LogP contribution is 2.10. The van der Waals surface area contributed by atoms with Crippen LogP contribution in [0.3, 0.4) is 0 Å². The van der Waals surface area contributed by atoms with Gasteiger partial charge < -0.3 is 9.47 Å². The number of hydrogen-bond acceptors (Lipinski definition) is 3. The number of allylic oxidation sites excluding steroid dienone is 2. The molecule has 0 N–H and O–H groups in total. The molecule has 1 aromatic carbocycles. The molecule has 110 valence electrons. The van der Waals surface area contributed by atoms with Gasteiger partial charge in [-0.15, -0.1) is 0 Å².